The Kier molecular flexibility index (Phi) is 4.48. The third kappa shape index (κ3) is 3.77. The average molecular weight is 234 g/mol. The van der Waals surface area contributed by atoms with Gasteiger partial charge in [0.25, 0.3) is 0 Å². The van der Waals surface area contributed by atoms with Gasteiger partial charge in [0, 0.05) is 26.2 Å². The van der Waals surface area contributed by atoms with E-state index in [1.54, 1.807) is 0 Å². The molecular weight excluding hydrogens is 212 g/mol. The molecule has 94 valence electrons. The standard InChI is InChI=1S/C13H22N4/c1-16-6-3-7-17(9-8-16)11-13-5-2-4-12(10-14)15-13/h2,4-5H,3,6-11,14H2,1H3. The Balaban J connectivity index is 1.94. The predicted octanol–water partition coefficient (Wildman–Crippen LogP) is 0.678. The van der Waals surface area contributed by atoms with Gasteiger partial charge in [-0.2, -0.15) is 0 Å². The van der Waals surface area contributed by atoms with Crippen LogP contribution in [0.2, 0.25) is 0 Å². The van der Waals surface area contributed by atoms with E-state index < -0.39 is 0 Å². The summed E-state index contributed by atoms with van der Waals surface area (Å²) < 4.78 is 0. The molecular formula is C13H22N4. The van der Waals surface area contributed by atoms with Crippen molar-refractivity contribution >= 4 is 0 Å². The number of aromatic nitrogens is 1. The van der Waals surface area contributed by atoms with Crippen LogP contribution in [-0.2, 0) is 13.1 Å². The summed E-state index contributed by atoms with van der Waals surface area (Å²) >= 11 is 0. The molecule has 0 amide bonds. The zero-order chi connectivity index (χ0) is 12.1. The van der Waals surface area contributed by atoms with Crippen molar-refractivity contribution in [2.75, 3.05) is 33.2 Å². The maximum absolute atomic E-state index is 5.61. The molecule has 2 rings (SSSR count). The SMILES string of the molecule is CN1CCCN(Cc2cccc(CN)n2)CC1. The molecule has 0 bridgehead atoms. The molecule has 2 heterocycles. The van der Waals surface area contributed by atoms with Gasteiger partial charge in [0.15, 0.2) is 0 Å². The summed E-state index contributed by atoms with van der Waals surface area (Å²) in [5.74, 6) is 0. The summed E-state index contributed by atoms with van der Waals surface area (Å²) in [7, 11) is 2.19. The van der Waals surface area contributed by atoms with E-state index in [1.165, 1.54) is 19.5 Å². The monoisotopic (exact) mass is 234 g/mol. The number of pyridine rings is 1. The molecule has 4 nitrogen and oxygen atoms in total. The fourth-order valence-electron chi connectivity index (χ4n) is 2.22. The molecule has 0 radical (unpaired) electrons. The second-order valence-corrected chi connectivity index (χ2v) is 4.76. The van der Waals surface area contributed by atoms with Crippen LogP contribution in [0.5, 0.6) is 0 Å². The lowest BCUT2D eigenvalue weighted by atomic mass is 10.2. The first-order valence-electron chi connectivity index (χ1n) is 6.33. The van der Waals surface area contributed by atoms with Crippen molar-refractivity contribution in [2.24, 2.45) is 5.73 Å². The van der Waals surface area contributed by atoms with Gasteiger partial charge in [0.05, 0.1) is 11.4 Å². The highest BCUT2D eigenvalue weighted by molar-refractivity contribution is 5.11. The highest BCUT2D eigenvalue weighted by atomic mass is 15.2. The van der Waals surface area contributed by atoms with Gasteiger partial charge in [-0.3, -0.25) is 9.88 Å². The van der Waals surface area contributed by atoms with E-state index in [4.69, 9.17) is 5.73 Å². The van der Waals surface area contributed by atoms with Crippen molar-refractivity contribution in [1.29, 1.82) is 0 Å². The molecule has 0 saturated carbocycles. The van der Waals surface area contributed by atoms with Gasteiger partial charge in [-0.1, -0.05) is 6.07 Å². The van der Waals surface area contributed by atoms with Gasteiger partial charge in [-0.25, -0.2) is 0 Å². The third-order valence-electron chi connectivity index (χ3n) is 3.27. The molecule has 4 heteroatoms. The number of rotatable bonds is 3. The normalized spacial score (nSPS) is 19.2. The molecule has 1 aromatic rings. The number of nitrogens with zero attached hydrogens (tertiary/aromatic N) is 3. The molecule has 1 aliphatic heterocycles. The molecule has 1 aromatic heterocycles. The maximum atomic E-state index is 5.61. The van der Waals surface area contributed by atoms with E-state index in [0.29, 0.717) is 6.54 Å². The van der Waals surface area contributed by atoms with Gasteiger partial charge in [-0.05, 0) is 38.7 Å². The predicted molar refractivity (Wildman–Crippen MR) is 69.5 cm³/mol. The topological polar surface area (TPSA) is 45.4 Å². The lowest BCUT2D eigenvalue weighted by Gasteiger charge is -2.19. The van der Waals surface area contributed by atoms with Crippen molar-refractivity contribution in [2.45, 2.75) is 19.5 Å². The van der Waals surface area contributed by atoms with Gasteiger partial charge >= 0.3 is 0 Å². The molecule has 0 atom stereocenters. The van der Waals surface area contributed by atoms with Crippen LogP contribution in [0.25, 0.3) is 0 Å². The molecule has 1 fully saturated rings. The Morgan fingerprint density at radius 1 is 1.18 bits per heavy atom. The van der Waals surface area contributed by atoms with E-state index in [-0.39, 0.29) is 0 Å². The molecule has 0 spiro atoms. The maximum Gasteiger partial charge on any atom is 0.0547 e. The first-order valence-corrected chi connectivity index (χ1v) is 6.33. The highest BCUT2D eigenvalue weighted by Gasteiger charge is 2.12. The average Bonchev–Trinajstić information content (AvgIpc) is 2.55. The van der Waals surface area contributed by atoms with Crippen LogP contribution >= 0.6 is 0 Å². The highest BCUT2D eigenvalue weighted by Crippen LogP contribution is 2.07. The van der Waals surface area contributed by atoms with E-state index >= 15 is 0 Å². The minimum atomic E-state index is 0.524. The smallest absolute Gasteiger partial charge is 0.0547 e. The summed E-state index contributed by atoms with van der Waals surface area (Å²) in [5, 5.41) is 0. The zero-order valence-electron chi connectivity index (χ0n) is 10.6. The van der Waals surface area contributed by atoms with Crippen molar-refractivity contribution in [3.63, 3.8) is 0 Å². The lowest BCUT2D eigenvalue weighted by molar-refractivity contribution is 0.266. The summed E-state index contributed by atoms with van der Waals surface area (Å²) in [5.41, 5.74) is 7.73. The Morgan fingerprint density at radius 3 is 2.82 bits per heavy atom. The van der Waals surface area contributed by atoms with E-state index in [2.05, 4.69) is 34.0 Å². The van der Waals surface area contributed by atoms with E-state index in [0.717, 1.165) is 31.0 Å². The molecule has 0 aromatic carbocycles. The van der Waals surface area contributed by atoms with Crippen molar-refractivity contribution < 1.29 is 0 Å². The first kappa shape index (κ1) is 12.5. The second-order valence-electron chi connectivity index (χ2n) is 4.76. The Morgan fingerprint density at radius 2 is 2.00 bits per heavy atom. The largest absolute Gasteiger partial charge is 0.325 e. The van der Waals surface area contributed by atoms with Crippen LogP contribution in [-0.4, -0.2) is 48.0 Å². The van der Waals surface area contributed by atoms with Crippen molar-refractivity contribution in [3.05, 3.63) is 29.6 Å². The van der Waals surface area contributed by atoms with Crippen molar-refractivity contribution in [3.8, 4) is 0 Å². The summed E-state index contributed by atoms with van der Waals surface area (Å²) in [6, 6.07) is 6.13. The molecule has 0 unspecified atom stereocenters. The first-order chi connectivity index (χ1) is 8.28. The van der Waals surface area contributed by atoms with E-state index in [1.807, 2.05) is 6.07 Å². The van der Waals surface area contributed by atoms with Crippen LogP contribution in [0.4, 0.5) is 0 Å². The van der Waals surface area contributed by atoms with Crippen LogP contribution in [0, 0.1) is 0 Å². The molecule has 2 N–H and O–H groups in total. The molecule has 1 aliphatic rings. The molecule has 0 aliphatic carbocycles. The number of nitrogens with two attached hydrogens (primary N) is 1. The zero-order valence-corrected chi connectivity index (χ0v) is 10.6. The van der Waals surface area contributed by atoms with Gasteiger partial charge in [-0.15, -0.1) is 0 Å². The summed E-state index contributed by atoms with van der Waals surface area (Å²) in [4.78, 5) is 9.43. The van der Waals surface area contributed by atoms with Crippen LogP contribution < -0.4 is 5.73 Å². The van der Waals surface area contributed by atoms with Crippen molar-refractivity contribution in [1.82, 2.24) is 14.8 Å². The number of hydrogen-bond acceptors (Lipinski definition) is 4. The molecule has 17 heavy (non-hydrogen) atoms. The lowest BCUT2D eigenvalue weighted by Crippen LogP contribution is -2.28. The van der Waals surface area contributed by atoms with Gasteiger partial charge < -0.3 is 10.6 Å². The van der Waals surface area contributed by atoms with E-state index in [9.17, 15) is 0 Å². The Labute approximate surface area is 103 Å². The Bertz CT molecular complexity index is 353. The quantitative estimate of drug-likeness (QED) is 0.835. The minimum Gasteiger partial charge on any atom is -0.325 e. The third-order valence-corrected chi connectivity index (χ3v) is 3.27. The van der Waals surface area contributed by atoms with Gasteiger partial charge in [0.1, 0.15) is 0 Å². The number of likely N-dealkylation sites (N-methyl/N-ethyl adjacent to an activating group) is 1. The van der Waals surface area contributed by atoms with Crippen LogP contribution in [0.1, 0.15) is 17.8 Å². The Hall–Kier alpha value is -0.970. The van der Waals surface area contributed by atoms with Crippen LogP contribution in [0.3, 0.4) is 0 Å². The number of hydrogen-bond donors (Lipinski definition) is 1. The van der Waals surface area contributed by atoms with Gasteiger partial charge in [0.2, 0.25) is 0 Å². The minimum absolute atomic E-state index is 0.524. The van der Waals surface area contributed by atoms with Crippen LogP contribution in [0.15, 0.2) is 18.2 Å². The fourth-order valence-corrected chi connectivity index (χ4v) is 2.22. The summed E-state index contributed by atoms with van der Waals surface area (Å²) in [6.07, 6.45) is 1.24. The fraction of sp³-hybridized carbons (Fsp3) is 0.615. The second kappa shape index (κ2) is 6.10. The summed E-state index contributed by atoms with van der Waals surface area (Å²) in [6.45, 7) is 6.12. The molecule has 1 saturated heterocycles.